The van der Waals surface area contributed by atoms with Gasteiger partial charge >= 0.3 is 0 Å². The number of nitrogens with zero attached hydrogens (tertiary/aromatic N) is 2. The number of nitrogens with two attached hydrogens (primary N) is 1. The topological polar surface area (TPSA) is 42.1 Å². The molecule has 1 aliphatic rings. The summed E-state index contributed by atoms with van der Waals surface area (Å²) in [6.45, 7) is 6.50. The number of likely N-dealkylation sites (tertiary alicyclic amines) is 1. The van der Waals surface area contributed by atoms with E-state index < -0.39 is 0 Å². The van der Waals surface area contributed by atoms with E-state index in [1.807, 2.05) is 12.4 Å². The molecule has 0 amide bonds. The van der Waals surface area contributed by atoms with Gasteiger partial charge in [-0.3, -0.25) is 9.88 Å². The molecule has 2 rings (SSSR count). The van der Waals surface area contributed by atoms with Crippen molar-refractivity contribution in [2.75, 3.05) is 13.1 Å². The Morgan fingerprint density at radius 3 is 2.71 bits per heavy atom. The van der Waals surface area contributed by atoms with Crippen LogP contribution in [0.15, 0.2) is 24.5 Å². The Kier molecular flexibility index (Phi) is 4.13. The molecule has 1 aromatic rings. The van der Waals surface area contributed by atoms with Gasteiger partial charge < -0.3 is 5.73 Å². The van der Waals surface area contributed by atoms with Crippen molar-refractivity contribution in [3.05, 3.63) is 30.1 Å². The molecule has 94 valence electrons. The van der Waals surface area contributed by atoms with Crippen LogP contribution >= 0.6 is 0 Å². The van der Waals surface area contributed by atoms with Crippen molar-refractivity contribution in [1.29, 1.82) is 0 Å². The van der Waals surface area contributed by atoms with Crippen molar-refractivity contribution in [3.8, 4) is 0 Å². The summed E-state index contributed by atoms with van der Waals surface area (Å²) in [6, 6.07) is 5.31. The van der Waals surface area contributed by atoms with E-state index in [2.05, 4.69) is 35.9 Å². The zero-order chi connectivity index (χ0) is 12.3. The van der Waals surface area contributed by atoms with E-state index in [-0.39, 0.29) is 0 Å². The fourth-order valence-corrected chi connectivity index (χ4v) is 2.95. The molecular formula is C14H23N3. The second kappa shape index (κ2) is 5.61. The van der Waals surface area contributed by atoms with Gasteiger partial charge in [-0.1, -0.05) is 0 Å². The zero-order valence-electron chi connectivity index (χ0n) is 10.8. The van der Waals surface area contributed by atoms with Crippen LogP contribution in [0.1, 0.15) is 38.3 Å². The highest BCUT2D eigenvalue weighted by Gasteiger charge is 2.32. The molecule has 1 saturated heterocycles. The Labute approximate surface area is 104 Å². The monoisotopic (exact) mass is 233 g/mol. The third-order valence-corrected chi connectivity index (χ3v) is 3.81. The Morgan fingerprint density at radius 1 is 1.41 bits per heavy atom. The third-order valence-electron chi connectivity index (χ3n) is 3.81. The van der Waals surface area contributed by atoms with Crippen LogP contribution in [-0.2, 0) is 0 Å². The fraction of sp³-hybridized carbons (Fsp3) is 0.643. The summed E-state index contributed by atoms with van der Waals surface area (Å²) in [5.74, 6) is 0.577. The zero-order valence-corrected chi connectivity index (χ0v) is 10.8. The van der Waals surface area contributed by atoms with Gasteiger partial charge in [0.25, 0.3) is 0 Å². The number of hydrogen-bond acceptors (Lipinski definition) is 3. The maximum absolute atomic E-state index is 5.95. The Balaban J connectivity index is 2.28. The van der Waals surface area contributed by atoms with Crippen LogP contribution in [0.25, 0.3) is 0 Å². The lowest BCUT2D eigenvalue weighted by Crippen LogP contribution is -2.44. The van der Waals surface area contributed by atoms with Crippen LogP contribution in [0.5, 0.6) is 0 Å². The smallest absolute Gasteiger partial charge is 0.0392 e. The van der Waals surface area contributed by atoms with E-state index in [4.69, 9.17) is 5.73 Å². The molecular weight excluding hydrogens is 210 g/mol. The first kappa shape index (κ1) is 12.5. The maximum Gasteiger partial charge on any atom is 0.0392 e. The van der Waals surface area contributed by atoms with Crippen LogP contribution in [0.3, 0.4) is 0 Å². The summed E-state index contributed by atoms with van der Waals surface area (Å²) in [7, 11) is 0. The largest absolute Gasteiger partial charge is 0.330 e. The van der Waals surface area contributed by atoms with Crippen molar-refractivity contribution in [2.45, 2.75) is 38.8 Å². The minimum Gasteiger partial charge on any atom is -0.330 e. The lowest BCUT2D eigenvalue weighted by molar-refractivity contribution is 0.0665. The molecule has 0 spiro atoms. The minimum absolute atomic E-state index is 0.469. The average Bonchev–Trinajstić information content (AvgIpc) is 2.38. The average molecular weight is 233 g/mol. The highest BCUT2D eigenvalue weighted by Crippen LogP contribution is 2.36. The van der Waals surface area contributed by atoms with E-state index in [1.165, 1.54) is 24.9 Å². The number of hydrogen-bond donors (Lipinski definition) is 1. The molecule has 1 aromatic heterocycles. The summed E-state index contributed by atoms with van der Waals surface area (Å²) in [6.07, 6.45) is 6.28. The molecule has 1 fully saturated rings. The molecule has 3 nitrogen and oxygen atoms in total. The maximum atomic E-state index is 5.95. The first-order valence-electron chi connectivity index (χ1n) is 6.59. The van der Waals surface area contributed by atoms with E-state index in [0.717, 1.165) is 6.54 Å². The van der Waals surface area contributed by atoms with E-state index in [1.54, 1.807) is 0 Å². The van der Waals surface area contributed by atoms with E-state index in [9.17, 15) is 0 Å². The number of aromatic nitrogens is 1. The van der Waals surface area contributed by atoms with Gasteiger partial charge in [0.1, 0.15) is 0 Å². The molecule has 17 heavy (non-hydrogen) atoms. The fourth-order valence-electron chi connectivity index (χ4n) is 2.95. The predicted molar refractivity (Wildman–Crippen MR) is 70.6 cm³/mol. The summed E-state index contributed by atoms with van der Waals surface area (Å²) < 4.78 is 0. The first-order chi connectivity index (χ1) is 8.24. The Bertz CT molecular complexity index is 337. The van der Waals surface area contributed by atoms with Crippen LogP contribution in [0.4, 0.5) is 0 Å². The van der Waals surface area contributed by atoms with Gasteiger partial charge in [0.05, 0.1) is 0 Å². The standard InChI is InChI=1S/C14H23N3/c1-11(2)17-9-3-4-13(10-15)14(17)12-5-7-16-8-6-12/h5-8,11,13-14H,3-4,9-10,15H2,1-2H3. The minimum atomic E-state index is 0.469. The van der Waals surface area contributed by atoms with Gasteiger partial charge in [0, 0.05) is 24.5 Å². The first-order valence-corrected chi connectivity index (χ1v) is 6.59. The summed E-state index contributed by atoms with van der Waals surface area (Å²) in [5.41, 5.74) is 7.32. The van der Waals surface area contributed by atoms with Crippen molar-refractivity contribution >= 4 is 0 Å². The molecule has 3 heteroatoms. The molecule has 0 radical (unpaired) electrons. The number of pyridine rings is 1. The molecule has 0 aliphatic carbocycles. The Morgan fingerprint density at radius 2 is 2.12 bits per heavy atom. The molecule has 0 aromatic carbocycles. The normalized spacial score (nSPS) is 26.4. The second-order valence-electron chi connectivity index (χ2n) is 5.19. The third kappa shape index (κ3) is 2.67. The molecule has 0 saturated carbocycles. The van der Waals surface area contributed by atoms with Crippen molar-refractivity contribution in [2.24, 2.45) is 11.7 Å². The summed E-state index contributed by atoms with van der Waals surface area (Å²) in [4.78, 5) is 6.69. The van der Waals surface area contributed by atoms with Gasteiger partial charge in [-0.25, -0.2) is 0 Å². The van der Waals surface area contributed by atoms with Crippen LogP contribution in [-0.4, -0.2) is 29.0 Å². The van der Waals surface area contributed by atoms with Gasteiger partial charge in [-0.05, 0) is 63.4 Å². The predicted octanol–water partition coefficient (Wildman–Crippen LogP) is 2.20. The van der Waals surface area contributed by atoms with Crippen LogP contribution in [0.2, 0.25) is 0 Å². The van der Waals surface area contributed by atoms with Crippen molar-refractivity contribution in [1.82, 2.24) is 9.88 Å². The van der Waals surface area contributed by atoms with Crippen molar-refractivity contribution in [3.63, 3.8) is 0 Å². The summed E-state index contributed by atoms with van der Waals surface area (Å²) in [5, 5.41) is 0. The lowest BCUT2D eigenvalue weighted by Gasteiger charge is -2.43. The number of rotatable bonds is 3. The second-order valence-corrected chi connectivity index (χ2v) is 5.19. The molecule has 1 aliphatic heterocycles. The van der Waals surface area contributed by atoms with Gasteiger partial charge in [-0.2, -0.15) is 0 Å². The molecule has 2 unspecified atom stereocenters. The van der Waals surface area contributed by atoms with Gasteiger partial charge in [0.2, 0.25) is 0 Å². The summed E-state index contributed by atoms with van der Waals surface area (Å²) >= 11 is 0. The highest BCUT2D eigenvalue weighted by molar-refractivity contribution is 5.17. The highest BCUT2D eigenvalue weighted by atomic mass is 15.2. The van der Waals surface area contributed by atoms with E-state index in [0.29, 0.717) is 18.0 Å². The van der Waals surface area contributed by atoms with Crippen LogP contribution < -0.4 is 5.73 Å². The lowest BCUT2D eigenvalue weighted by atomic mass is 9.84. The van der Waals surface area contributed by atoms with Gasteiger partial charge in [-0.15, -0.1) is 0 Å². The molecule has 2 atom stereocenters. The SMILES string of the molecule is CC(C)N1CCCC(CN)C1c1ccncc1. The van der Waals surface area contributed by atoms with Crippen LogP contribution in [0, 0.1) is 5.92 Å². The molecule has 2 N–H and O–H groups in total. The van der Waals surface area contributed by atoms with Crippen molar-refractivity contribution < 1.29 is 0 Å². The quantitative estimate of drug-likeness (QED) is 0.870. The molecule has 2 heterocycles. The molecule has 0 bridgehead atoms. The number of piperidine rings is 1. The van der Waals surface area contributed by atoms with Gasteiger partial charge in [0.15, 0.2) is 0 Å². The van der Waals surface area contributed by atoms with E-state index >= 15 is 0 Å². The Hall–Kier alpha value is -0.930.